The molecule has 6 fully saturated rings. The lowest BCUT2D eigenvalue weighted by atomic mass is 9.54. The Bertz CT molecular complexity index is 652. The first kappa shape index (κ1) is 24.3. The fourth-order valence-electron chi connectivity index (χ4n) is 7.11. The Kier molecular flexibility index (Phi) is 7.02. The van der Waals surface area contributed by atoms with Crippen LogP contribution in [0.5, 0.6) is 0 Å². The summed E-state index contributed by atoms with van der Waals surface area (Å²) in [6.07, 6.45) is -7.61. The predicted octanol–water partition coefficient (Wildman–Crippen LogP) is -2.98. The molecule has 4 saturated carbocycles. The smallest absolute Gasteiger partial charge is 0.187 e. The van der Waals surface area contributed by atoms with Crippen LogP contribution in [0.2, 0.25) is 0 Å². The number of aliphatic hydroxyl groups excluding tert-OH is 7. The lowest BCUT2D eigenvalue weighted by Crippen LogP contribution is -2.68. The standard InChI is InChI=1S/C22H37NO10/c24-6-12-15(26)16(27)19(30)22(32-12)33-20-13(7-25)31-21(18(29)17(20)28)23-14-10-2-8-1-9(4-10)5-11(14)3-8/h8-30H,1-7H2/t8?,9?,10?,11?,12-,13-,14?,15-,16+,17-,18+,19-,20-,21-,22+/m1/s1. The molecule has 10 atom stereocenters. The highest BCUT2D eigenvalue weighted by Gasteiger charge is 2.53. The van der Waals surface area contributed by atoms with Crippen molar-refractivity contribution in [3.63, 3.8) is 0 Å². The molecule has 0 amide bonds. The zero-order valence-corrected chi connectivity index (χ0v) is 18.5. The molecule has 2 heterocycles. The third-order valence-corrected chi connectivity index (χ3v) is 8.59. The summed E-state index contributed by atoms with van der Waals surface area (Å²) in [6, 6.07) is 0.187. The molecule has 190 valence electrons. The number of rotatable bonds is 6. The first-order valence-electron chi connectivity index (χ1n) is 12.1. The topological polar surface area (TPSA) is 181 Å². The third kappa shape index (κ3) is 4.36. The van der Waals surface area contributed by atoms with Crippen LogP contribution in [-0.4, -0.2) is 116 Å². The Morgan fingerprint density at radius 3 is 1.85 bits per heavy atom. The Balaban J connectivity index is 1.25. The second-order valence-corrected chi connectivity index (χ2v) is 10.7. The largest absolute Gasteiger partial charge is 0.394 e. The zero-order chi connectivity index (χ0) is 23.4. The normalized spacial score (nSPS) is 56.3. The quantitative estimate of drug-likeness (QED) is 0.196. The monoisotopic (exact) mass is 475 g/mol. The molecule has 0 spiro atoms. The van der Waals surface area contributed by atoms with E-state index in [-0.39, 0.29) is 6.04 Å². The van der Waals surface area contributed by atoms with Crippen molar-refractivity contribution in [2.24, 2.45) is 23.7 Å². The summed E-state index contributed by atoms with van der Waals surface area (Å²) in [5.74, 6) is 2.61. The molecule has 11 nitrogen and oxygen atoms in total. The number of ether oxygens (including phenoxy) is 3. The van der Waals surface area contributed by atoms with Gasteiger partial charge in [0, 0.05) is 6.04 Å². The summed E-state index contributed by atoms with van der Waals surface area (Å²) < 4.78 is 16.9. The average Bonchev–Trinajstić information content (AvgIpc) is 2.80. The highest BCUT2D eigenvalue weighted by Crippen LogP contribution is 2.54. The van der Waals surface area contributed by atoms with Gasteiger partial charge in [0.25, 0.3) is 0 Å². The second-order valence-electron chi connectivity index (χ2n) is 10.7. The van der Waals surface area contributed by atoms with E-state index in [1.165, 1.54) is 32.1 Å². The van der Waals surface area contributed by atoms with Gasteiger partial charge in [-0.05, 0) is 55.8 Å². The maximum absolute atomic E-state index is 10.8. The SMILES string of the molecule is OC[C@H]1O[C@@H](O[C@H]2[C@H](O)[C@H](O)[C@H](NC3C4CC5CC(C4)CC3C5)O[C@@H]2CO)[C@H](O)[C@@H](O)[C@@H]1O. The summed E-state index contributed by atoms with van der Waals surface area (Å²) in [6.45, 7) is -1.15. The fourth-order valence-corrected chi connectivity index (χ4v) is 7.11. The molecule has 2 aliphatic heterocycles. The van der Waals surface area contributed by atoms with Crippen molar-refractivity contribution in [2.45, 2.75) is 99.5 Å². The maximum atomic E-state index is 10.8. The average molecular weight is 476 g/mol. The molecule has 8 N–H and O–H groups in total. The van der Waals surface area contributed by atoms with E-state index in [4.69, 9.17) is 14.2 Å². The summed E-state index contributed by atoms with van der Waals surface area (Å²) in [5, 5.41) is 74.6. The lowest BCUT2D eigenvalue weighted by Gasteiger charge is -2.56. The highest BCUT2D eigenvalue weighted by atomic mass is 16.7. The van der Waals surface area contributed by atoms with Crippen molar-refractivity contribution in [1.82, 2.24) is 5.32 Å². The highest BCUT2D eigenvalue weighted by molar-refractivity contribution is 5.03. The minimum absolute atomic E-state index is 0.187. The van der Waals surface area contributed by atoms with Crippen LogP contribution in [0.4, 0.5) is 0 Å². The lowest BCUT2D eigenvalue weighted by molar-refractivity contribution is -0.344. The second kappa shape index (κ2) is 9.55. The summed E-state index contributed by atoms with van der Waals surface area (Å²) >= 11 is 0. The van der Waals surface area contributed by atoms with Crippen LogP contribution >= 0.6 is 0 Å². The first-order chi connectivity index (χ1) is 15.8. The van der Waals surface area contributed by atoms with Crippen LogP contribution < -0.4 is 5.32 Å². The summed E-state index contributed by atoms with van der Waals surface area (Å²) in [4.78, 5) is 0. The van der Waals surface area contributed by atoms with Gasteiger partial charge in [0.05, 0.1) is 13.2 Å². The molecule has 0 unspecified atom stereocenters. The van der Waals surface area contributed by atoms with Crippen molar-refractivity contribution in [3.05, 3.63) is 0 Å². The Morgan fingerprint density at radius 2 is 1.27 bits per heavy atom. The van der Waals surface area contributed by atoms with Gasteiger partial charge in [-0.1, -0.05) is 0 Å². The predicted molar refractivity (Wildman–Crippen MR) is 110 cm³/mol. The van der Waals surface area contributed by atoms with Crippen LogP contribution in [0.3, 0.4) is 0 Å². The molecular formula is C22H37NO10. The summed E-state index contributed by atoms with van der Waals surface area (Å²) in [7, 11) is 0. The van der Waals surface area contributed by atoms with Crippen LogP contribution in [0.1, 0.15) is 32.1 Å². The van der Waals surface area contributed by atoms with Gasteiger partial charge in [-0.3, -0.25) is 5.32 Å². The maximum Gasteiger partial charge on any atom is 0.187 e. The molecule has 4 aliphatic carbocycles. The minimum Gasteiger partial charge on any atom is -0.394 e. The molecular weight excluding hydrogens is 438 g/mol. The van der Waals surface area contributed by atoms with E-state index in [0.29, 0.717) is 11.8 Å². The number of aliphatic hydroxyl groups is 7. The van der Waals surface area contributed by atoms with Crippen molar-refractivity contribution >= 4 is 0 Å². The molecule has 33 heavy (non-hydrogen) atoms. The van der Waals surface area contributed by atoms with Gasteiger partial charge in [-0.15, -0.1) is 0 Å². The van der Waals surface area contributed by atoms with Crippen molar-refractivity contribution in [3.8, 4) is 0 Å². The zero-order valence-electron chi connectivity index (χ0n) is 18.5. The van der Waals surface area contributed by atoms with Crippen LogP contribution in [0, 0.1) is 23.7 Å². The molecule has 0 aromatic carbocycles. The van der Waals surface area contributed by atoms with Gasteiger partial charge in [-0.25, -0.2) is 0 Å². The minimum atomic E-state index is -1.67. The van der Waals surface area contributed by atoms with E-state index >= 15 is 0 Å². The van der Waals surface area contributed by atoms with Crippen LogP contribution in [0.25, 0.3) is 0 Å². The van der Waals surface area contributed by atoms with Crippen molar-refractivity contribution in [2.75, 3.05) is 13.2 Å². The van der Waals surface area contributed by atoms with Crippen molar-refractivity contribution in [1.29, 1.82) is 0 Å². The van der Waals surface area contributed by atoms with E-state index in [1.807, 2.05) is 0 Å². The number of hydrogen-bond acceptors (Lipinski definition) is 11. The molecule has 4 bridgehead atoms. The molecule has 11 heteroatoms. The molecule has 2 saturated heterocycles. The van der Waals surface area contributed by atoms with E-state index in [0.717, 1.165) is 11.8 Å². The van der Waals surface area contributed by atoms with Gasteiger partial charge in [0.15, 0.2) is 6.29 Å². The van der Waals surface area contributed by atoms with Crippen molar-refractivity contribution < 1.29 is 50.0 Å². The van der Waals surface area contributed by atoms with Gasteiger partial charge in [-0.2, -0.15) is 0 Å². The molecule has 0 aromatic rings. The van der Waals surface area contributed by atoms with Crippen LogP contribution in [0.15, 0.2) is 0 Å². The Labute approximate surface area is 192 Å². The van der Waals surface area contributed by atoms with Gasteiger partial charge >= 0.3 is 0 Å². The Morgan fingerprint density at radius 1 is 0.667 bits per heavy atom. The van der Waals surface area contributed by atoms with Gasteiger partial charge < -0.3 is 50.0 Å². The van der Waals surface area contributed by atoms with Gasteiger partial charge in [0.1, 0.15) is 55.1 Å². The molecule has 6 rings (SSSR count). The number of nitrogens with one attached hydrogen (secondary N) is 1. The van der Waals surface area contributed by atoms with Gasteiger partial charge in [0.2, 0.25) is 0 Å². The molecule has 0 radical (unpaired) electrons. The van der Waals surface area contributed by atoms with E-state index in [1.54, 1.807) is 0 Å². The third-order valence-electron chi connectivity index (χ3n) is 8.59. The summed E-state index contributed by atoms with van der Waals surface area (Å²) in [5.41, 5.74) is 0. The number of hydrogen-bond donors (Lipinski definition) is 8. The first-order valence-corrected chi connectivity index (χ1v) is 12.1. The van der Waals surface area contributed by atoms with Crippen LogP contribution in [-0.2, 0) is 14.2 Å². The molecule has 0 aromatic heterocycles. The Hall–Kier alpha value is -0.440. The molecule has 6 aliphatic rings. The fraction of sp³-hybridized carbons (Fsp3) is 1.00. The van der Waals surface area contributed by atoms with E-state index in [9.17, 15) is 35.7 Å². The van der Waals surface area contributed by atoms with E-state index in [2.05, 4.69) is 5.32 Å². The van der Waals surface area contributed by atoms with E-state index < -0.39 is 74.6 Å².